The van der Waals surface area contributed by atoms with E-state index >= 15 is 0 Å². The largest absolute Gasteiger partial charge is 0.364 e. The van der Waals surface area contributed by atoms with Crippen LogP contribution < -0.4 is 10.2 Å². The number of hydrogen-bond donors (Lipinski definition) is 1. The molecule has 3 heterocycles. The molecule has 0 bridgehead atoms. The summed E-state index contributed by atoms with van der Waals surface area (Å²) < 4.78 is 0. The van der Waals surface area contributed by atoms with Crippen LogP contribution in [0.3, 0.4) is 0 Å². The zero-order valence-corrected chi connectivity index (χ0v) is 16.0. The fraction of sp³-hybridized carbons (Fsp3) is 0.217. The van der Waals surface area contributed by atoms with Crippen LogP contribution in [0.1, 0.15) is 30.0 Å². The highest BCUT2D eigenvalue weighted by Gasteiger charge is 2.34. The van der Waals surface area contributed by atoms with Crippen LogP contribution in [0, 0.1) is 0 Å². The first-order valence-electron chi connectivity index (χ1n) is 9.91. The second-order valence-electron chi connectivity index (χ2n) is 7.28. The Hall–Kier alpha value is -3.54. The zero-order chi connectivity index (χ0) is 19.5. The van der Waals surface area contributed by atoms with Crippen molar-refractivity contribution in [2.75, 3.05) is 16.8 Å². The number of aliphatic imine (C=N–C) groups is 1. The second kappa shape index (κ2) is 7.47. The minimum absolute atomic E-state index is 0.388. The van der Waals surface area contributed by atoms with E-state index in [0.29, 0.717) is 6.04 Å². The molecule has 2 unspecified atom stereocenters. The molecule has 2 aliphatic heterocycles. The lowest BCUT2D eigenvalue weighted by Crippen LogP contribution is -2.30. The highest BCUT2D eigenvalue weighted by molar-refractivity contribution is 5.62. The second-order valence-corrected chi connectivity index (χ2v) is 7.28. The number of nitrogens with one attached hydrogen (secondary N) is 1. The SMILES string of the molecule is C1=NC(Nc2cc(N3CCCC3c3ccccc3)ccn2)(c2ccccc2)N=N1. The third-order valence-corrected chi connectivity index (χ3v) is 5.49. The highest BCUT2D eigenvalue weighted by atomic mass is 15.4. The van der Waals surface area contributed by atoms with E-state index in [1.807, 2.05) is 36.5 Å². The average Bonchev–Trinajstić information content (AvgIpc) is 3.46. The van der Waals surface area contributed by atoms with Crippen LogP contribution in [0.5, 0.6) is 0 Å². The number of benzene rings is 2. The Labute approximate surface area is 170 Å². The summed E-state index contributed by atoms with van der Waals surface area (Å²) in [6.07, 6.45) is 5.65. The lowest BCUT2D eigenvalue weighted by atomic mass is 10.0. The third kappa shape index (κ3) is 3.38. The van der Waals surface area contributed by atoms with Gasteiger partial charge in [-0.1, -0.05) is 60.7 Å². The summed E-state index contributed by atoms with van der Waals surface area (Å²) in [4.78, 5) is 11.5. The zero-order valence-electron chi connectivity index (χ0n) is 16.0. The summed E-state index contributed by atoms with van der Waals surface area (Å²) in [5, 5.41) is 11.7. The maximum atomic E-state index is 4.53. The van der Waals surface area contributed by atoms with Gasteiger partial charge in [0.05, 0.1) is 6.04 Å². The van der Waals surface area contributed by atoms with Gasteiger partial charge in [0.15, 0.2) is 0 Å². The molecule has 1 saturated heterocycles. The van der Waals surface area contributed by atoms with Crippen molar-refractivity contribution in [2.24, 2.45) is 15.2 Å². The van der Waals surface area contributed by atoms with E-state index in [-0.39, 0.29) is 0 Å². The number of aromatic nitrogens is 1. The molecule has 1 aromatic heterocycles. The van der Waals surface area contributed by atoms with E-state index < -0.39 is 5.79 Å². The molecular weight excluding hydrogens is 360 g/mol. The molecule has 0 saturated carbocycles. The van der Waals surface area contributed by atoms with Crippen LogP contribution in [-0.2, 0) is 5.79 Å². The van der Waals surface area contributed by atoms with Crippen molar-refractivity contribution in [2.45, 2.75) is 24.7 Å². The van der Waals surface area contributed by atoms with Crippen molar-refractivity contribution in [3.05, 3.63) is 90.1 Å². The van der Waals surface area contributed by atoms with Crippen LogP contribution >= 0.6 is 0 Å². The van der Waals surface area contributed by atoms with Gasteiger partial charge in [-0.3, -0.25) is 0 Å². The van der Waals surface area contributed by atoms with E-state index in [1.165, 1.54) is 18.3 Å². The van der Waals surface area contributed by atoms with Crippen LogP contribution in [0.2, 0.25) is 0 Å². The van der Waals surface area contributed by atoms with Gasteiger partial charge < -0.3 is 10.2 Å². The maximum Gasteiger partial charge on any atom is 0.274 e. The minimum Gasteiger partial charge on any atom is -0.364 e. The first kappa shape index (κ1) is 17.6. The lowest BCUT2D eigenvalue weighted by molar-refractivity contribution is 0.541. The highest BCUT2D eigenvalue weighted by Crippen LogP contribution is 2.37. The Morgan fingerprint density at radius 2 is 1.76 bits per heavy atom. The molecule has 2 aromatic carbocycles. The van der Waals surface area contributed by atoms with Crippen molar-refractivity contribution < 1.29 is 0 Å². The monoisotopic (exact) mass is 382 g/mol. The molecule has 6 heteroatoms. The minimum atomic E-state index is -0.962. The fourth-order valence-corrected chi connectivity index (χ4v) is 4.12. The van der Waals surface area contributed by atoms with Gasteiger partial charge in [-0.2, -0.15) is 0 Å². The van der Waals surface area contributed by atoms with E-state index in [0.717, 1.165) is 30.0 Å². The molecule has 1 fully saturated rings. The molecule has 1 N–H and O–H groups in total. The lowest BCUT2D eigenvalue weighted by Gasteiger charge is -2.28. The smallest absolute Gasteiger partial charge is 0.274 e. The van der Waals surface area contributed by atoms with Gasteiger partial charge in [-0.15, -0.1) is 10.2 Å². The van der Waals surface area contributed by atoms with E-state index in [9.17, 15) is 0 Å². The standard InChI is InChI=1S/C23H22N6/c1-3-8-18(9-4-1)21-12-7-15-29(21)20-13-14-24-22(16-20)27-23(25-17-26-28-23)19-10-5-2-6-11-19/h1-6,8-11,13-14,16-17,21H,7,12,15H2,(H,24,27). The summed E-state index contributed by atoms with van der Waals surface area (Å²) in [6, 6.07) is 25.1. The van der Waals surface area contributed by atoms with Crippen LogP contribution in [0.15, 0.2) is 94.2 Å². The van der Waals surface area contributed by atoms with Gasteiger partial charge in [0.25, 0.3) is 5.79 Å². The number of hydrogen-bond acceptors (Lipinski definition) is 6. The number of anilines is 2. The van der Waals surface area contributed by atoms with Gasteiger partial charge in [0.2, 0.25) is 0 Å². The van der Waals surface area contributed by atoms with Crippen LogP contribution in [-0.4, -0.2) is 17.9 Å². The predicted octanol–water partition coefficient (Wildman–Crippen LogP) is 5.14. The number of azo groups is 1. The van der Waals surface area contributed by atoms with E-state index in [4.69, 9.17) is 0 Å². The molecule has 144 valence electrons. The summed E-state index contributed by atoms with van der Waals surface area (Å²) in [5.74, 6) is -0.237. The van der Waals surface area contributed by atoms with Crippen molar-refractivity contribution in [3.63, 3.8) is 0 Å². The van der Waals surface area contributed by atoms with Gasteiger partial charge >= 0.3 is 0 Å². The molecule has 5 rings (SSSR count). The molecule has 3 aromatic rings. The number of rotatable bonds is 5. The first-order chi connectivity index (χ1) is 14.3. The molecule has 0 aliphatic carbocycles. The topological polar surface area (TPSA) is 65.2 Å². The Bertz CT molecular complexity index is 1020. The molecular formula is C23H22N6. The molecule has 0 spiro atoms. The van der Waals surface area contributed by atoms with E-state index in [2.05, 4.69) is 72.9 Å². The number of pyridine rings is 1. The Balaban J connectivity index is 1.44. The van der Waals surface area contributed by atoms with Gasteiger partial charge in [-0.25, -0.2) is 9.98 Å². The van der Waals surface area contributed by atoms with Gasteiger partial charge in [0.1, 0.15) is 12.2 Å². The van der Waals surface area contributed by atoms with Gasteiger partial charge in [-0.05, 0) is 24.5 Å². The van der Waals surface area contributed by atoms with Crippen molar-refractivity contribution in [1.82, 2.24) is 4.98 Å². The molecule has 2 atom stereocenters. The maximum absolute atomic E-state index is 4.53. The quantitative estimate of drug-likeness (QED) is 0.664. The Morgan fingerprint density at radius 3 is 2.52 bits per heavy atom. The molecule has 0 radical (unpaired) electrons. The van der Waals surface area contributed by atoms with E-state index in [1.54, 1.807) is 0 Å². The Kier molecular flexibility index (Phi) is 4.52. The van der Waals surface area contributed by atoms with Crippen molar-refractivity contribution in [3.8, 4) is 0 Å². The van der Waals surface area contributed by atoms with Crippen molar-refractivity contribution >= 4 is 17.8 Å². The van der Waals surface area contributed by atoms with Crippen LogP contribution in [0.4, 0.5) is 11.5 Å². The fourth-order valence-electron chi connectivity index (χ4n) is 4.12. The summed E-state index contributed by atoms with van der Waals surface area (Å²) in [5.41, 5.74) is 3.43. The number of nitrogens with zero attached hydrogens (tertiary/aromatic N) is 5. The third-order valence-electron chi connectivity index (χ3n) is 5.49. The summed E-state index contributed by atoms with van der Waals surface area (Å²) >= 11 is 0. The summed E-state index contributed by atoms with van der Waals surface area (Å²) in [6.45, 7) is 1.03. The van der Waals surface area contributed by atoms with Gasteiger partial charge in [0, 0.05) is 30.1 Å². The molecule has 0 amide bonds. The average molecular weight is 382 g/mol. The van der Waals surface area contributed by atoms with Crippen molar-refractivity contribution in [1.29, 1.82) is 0 Å². The molecule has 29 heavy (non-hydrogen) atoms. The normalized spacial score (nSPS) is 22.9. The summed E-state index contributed by atoms with van der Waals surface area (Å²) in [7, 11) is 0. The molecule has 2 aliphatic rings. The van der Waals surface area contributed by atoms with Crippen LogP contribution in [0.25, 0.3) is 0 Å². The first-order valence-corrected chi connectivity index (χ1v) is 9.91. The molecule has 6 nitrogen and oxygen atoms in total. The Morgan fingerprint density at radius 1 is 0.966 bits per heavy atom. The predicted molar refractivity (Wildman–Crippen MR) is 115 cm³/mol.